The van der Waals surface area contributed by atoms with E-state index in [1.54, 1.807) is 11.1 Å². The molecule has 3 aliphatic rings. The van der Waals surface area contributed by atoms with Crippen LogP contribution in [0.25, 0.3) is 0 Å². The molecule has 1 spiro atoms. The lowest BCUT2D eigenvalue weighted by molar-refractivity contribution is 0.296. The van der Waals surface area contributed by atoms with E-state index in [9.17, 15) is 0 Å². The van der Waals surface area contributed by atoms with Crippen LogP contribution in [-0.4, -0.2) is 0 Å². The zero-order valence-corrected chi connectivity index (χ0v) is 10.5. The van der Waals surface area contributed by atoms with Crippen molar-refractivity contribution in [3.05, 3.63) is 23.3 Å². The van der Waals surface area contributed by atoms with E-state index in [1.807, 2.05) is 0 Å². The molecule has 0 aromatic heterocycles. The van der Waals surface area contributed by atoms with E-state index >= 15 is 0 Å². The fourth-order valence-corrected chi connectivity index (χ4v) is 5.14. The van der Waals surface area contributed by atoms with E-state index in [0.29, 0.717) is 10.8 Å². The molecular formula is C15H22. The zero-order valence-electron chi connectivity index (χ0n) is 10.5. The van der Waals surface area contributed by atoms with Crippen LogP contribution in [0.3, 0.4) is 0 Å². The summed E-state index contributed by atoms with van der Waals surface area (Å²) < 4.78 is 0. The van der Waals surface area contributed by atoms with Gasteiger partial charge in [-0.2, -0.15) is 0 Å². The Morgan fingerprint density at radius 2 is 2.00 bits per heavy atom. The van der Waals surface area contributed by atoms with Gasteiger partial charge in [0.15, 0.2) is 0 Å². The summed E-state index contributed by atoms with van der Waals surface area (Å²) in [6.07, 6.45) is 4.20. The average molecular weight is 202 g/mol. The molecule has 0 N–H and O–H groups in total. The first-order valence-corrected chi connectivity index (χ1v) is 6.27. The molecule has 2 saturated carbocycles. The predicted molar refractivity (Wildman–Crippen MR) is 64.6 cm³/mol. The maximum absolute atomic E-state index is 4.21. The number of hydrogen-bond acceptors (Lipinski definition) is 0. The second-order valence-corrected chi connectivity index (χ2v) is 6.75. The summed E-state index contributed by atoms with van der Waals surface area (Å²) in [7, 11) is 0. The van der Waals surface area contributed by atoms with Crippen molar-refractivity contribution < 1.29 is 0 Å². The molecule has 15 heavy (non-hydrogen) atoms. The number of allylic oxidation sites excluding steroid dienone is 3. The summed E-state index contributed by atoms with van der Waals surface area (Å²) in [6, 6.07) is 0. The van der Waals surface area contributed by atoms with Crippen molar-refractivity contribution in [3.63, 3.8) is 0 Å². The number of rotatable bonds is 1. The second kappa shape index (κ2) is 2.42. The van der Waals surface area contributed by atoms with Gasteiger partial charge in [-0.15, -0.1) is 0 Å². The second-order valence-electron chi connectivity index (χ2n) is 6.75. The molecule has 0 bridgehead atoms. The van der Waals surface area contributed by atoms with Crippen molar-refractivity contribution in [2.45, 2.75) is 47.0 Å². The van der Waals surface area contributed by atoms with Crippen LogP contribution in [0.2, 0.25) is 0 Å². The Morgan fingerprint density at radius 1 is 1.33 bits per heavy atom. The fourth-order valence-electron chi connectivity index (χ4n) is 5.14. The van der Waals surface area contributed by atoms with Crippen LogP contribution >= 0.6 is 0 Å². The van der Waals surface area contributed by atoms with Crippen molar-refractivity contribution in [2.24, 2.45) is 22.7 Å². The SMILES string of the molecule is C=C(C)C1=C(C)CC2C3C(C)(C)CCC123. The molecule has 0 heterocycles. The molecule has 0 aromatic carbocycles. The molecule has 0 radical (unpaired) electrons. The van der Waals surface area contributed by atoms with Gasteiger partial charge in [0.2, 0.25) is 0 Å². The highest BCUT2D eigenvalue weighted by Gasteiger charge is 2.75. The third-order valence-corrected chi connectivity index (χ3v) is 5.38. The van der Waals surface area contributed by atoms with Gasteiger partial charge in [0, 0.05) is 5.41 Å². The molecule has 0 nitrogen and oxygen atoms in total. The molecule has 0 saturated heterocycles. The van der Waals surface area contributed by atoms with Crippen molar-refractivity contribution in [1.29, 1.82) is 0 Å². The predicted octanol–water partition coefficient (Wildman–Crippen LogP) is 4.34. The van der Waals surface area contributed by atoms with E-state index in [2.05, 4.69) is 34.3 Å². The molecule has 2 fully saturated rings. The quantitative estimate of drug-likeness (QED) is 0.593. The monoisotopic (exact) mass is 202 g/mol. The Labute approximate surface area is 93.5 Å². The first-order chi connectivity index (χ1) is 6.91. The normalized spacial score (nSPS) is 45.3. The highest BCUT2D eigenvalue weighted by atomic mass is 14.8. The third-order valence-electron chi connectivity index (χ3n) is 5.38. The van der Waals surface area contributed by atoms with Gasteiger partial charge in [-0.3, -0.25) is 0 Å². The molecule has 0 amide bonds. The van der Waals surface area contributed by atoms with Gasteiger partial charge in [-0.25, -0.2) is 0 Å². The lowest BCUT2D eigenvalue weighted by Gasteiger charge is -2.21. The zero-order chi connectivity index (χ0) is 11.0. The minimum absolute atomic E-state index is 0.589. The van der Waals surface area contributed by atoms with Gasteiger partial charge in [-0.1, -0.05) is 31.6 Å². The lowest BCUT2D eigenvalue weighted by atomic mass is 9.83. The summed E-state index contributed by atoms with van der Waals surface area (Å²) in [5.74, 6) is 1.95. The maximum Gasteiger partial charge on any atom is 0.00259 e. The fraction of sp³-hybridized carbons (Fsp3) is 0.733. The van der Waals surface area contributed by atoms with Crippen LogP contribution in [0.5, 0.6) is 0 Å². The Balaban J connectivity index is 2.06. The molecular weight excluding hydrogens is 180 g/mol. The molecule has 0 aliphatic heterocycles. The van der Waals surface area contributed by atoms with Gasteiger partial charge in [0.05, 0.1) is 0 Å². The van der Waals surface area contributed by atoms with Gasteiger partial charge >= 0.3 is 0 Å². The van der Waals surface area contributed by atoms with Crippen molar-refractivity contribution in [3.8, 4) is 0 Å². The highest BCUT2D eigenvalue weighted by Crippen LogP contribution is 2.82. The van der Waals surface area contributed by atoms with Crippen LogP contribution < -0.4 is 0 Å². The molecule has 3 unspecified atom stereocenters. The standard InChI is InChI=1S/C15H22/c1-9(2)12-10(3)8-11-13-14(4,5)6-7-15(11,12)13/h11,13H,1,6-8H2,2-5H3. The van der Waals surface area contributed by atoms with Crippen molar-refractivity contribution in [2.75, 3.05) is 0 Å². The van der Waals surface area contributed by atoms with Crippen molar-refractivity contribution >= 4 is 0 Å². The summed E-state index contributed by atoms with van der Waals surface area (Å²) in [6.45, 7) is 13.7. The summed E-state index contributed by atoms with van der Waals surface area (Å²) >= 11 is 0. The van der Waals surface area contributed by atoms with E-state index in [0.717, 1.165) is 11.8 Å². The van der Waals surface area contributed by atoms with E-state index in [4.69, 9.17) is 0 Å². The molecule has 3 rings (SSSR count). The number of hydrogen-bond donors (Lipinski definition) is 0. The maximum atomic E-state index is 4.21. The van der Waals surface area contributed by atoms with Crippen LogP contribution in [0.4, 0.5) is 0 Å². The Kier molecular flexibility index (Phi) is 1.56. The lowest BCUT2D eigenvalue weighted by Crippen LogP contribution is -2.13. The smallest absolute Gasteiger partial charge is 0.00259 e. The first-order valence-electron chi connectivity index (χ1n) is 6.27. The largest absolute Gasteiger partial charge is 0.0958 e. The van der Waals surface area contributed by atoms with Crippen LogP contribution in [0.1, 0.15) is 47.0 Å². The third kappa shape index (κ3) is 0.898. The van der Waals surface area contributed by atoms with Gasteiger partial charge < -0.3 is 0 Å². The Bertz CT molecular complexity index is 383. The Hall–Kier alpha value is -0.520. The minimum atomic E-state index is 0.589. The van der Waals surface area contributed by atoms with Crippen LogP contribution in [0.15, 0.2) is 23.3 Å². The summed E-state index contributed by atoms with van der Waals surface area (Å²) in [5, 5.41) is 0. The van der Waals surface area contributed by atoms with E-state index < -0.39 is 0 Å². The summed E-state index contributed by atoms with van der Waals surface area (Å²) in [4.78, 5) is 0. The minimum Gasteiger partial charge on any atom is -0.0958 e. The topological polar surface area (TPSA) is 0 Å². The van der Waals surface area contributed by atoms with E-state index in [-0.39, 0.29) is 0 Å². The number of fused-ring (bicyclic) bond motifs is 1. The highest BCUT2D eigenvalue weighted by molar-refractivity contribution is 5.51. The molecule has 82 valence electrons. The van der Waals surface area contributed by atoms with Gasteiger partial charge in [0.1, 0.15) is 0 Å². The van der Waals surface area contributed by atoms with Gasteiger partial charge in [0.25, 0.3) is 0 Å². The molecule has 3 aliphatic carbocycles. The first kappa shape index (κ1) is 9.69. The molecule has 0 aromatic rings. The van der Waals surface area contributed by atoms with Crippen LogP contribution in [-0.2, 0) is 0 Å². The van der Waals surface area contributed by atoms with Crippen LogP contribution in [0, 0.1) is 22.7 Å². The average Bonchev–Trinajstić information content (AvgIpc) is 2.47. The summed E-state index contributed by atoms with van der Waals surface area (Å²) in [5.41, 5.74) is 5.84. The van der Waals surface area contributed by atoms with Gasteiger partial charge in [-0.05, 0) is 55.9 Å². The molecule has 0 heteroatoms. The van der Waals surface area contributed by atoms with E-state index in [1.165, 1.54) is 24.8 Å². The molecule has 3 atom stereocenters. The van der Waals surface area contributed by atoms with Crippen molar-refractivity contribution in [1.82, 2.24) is 0 Å². The Morgan fingerprint density at radius 3 is 2.60 bits per heavy atom.